The predicted molar refractivity (Wildman–Crippen MR) is 93.3 cm³/mol. The second-order valence-electron chi connectivity index (χ2n) is 6.12. The summed E-state index contributed by atoms with van der Waals surface area (Å²) in [6.07, 6.45) is 1.77. The zero-order valence-electron chi connectivity index (χ0n) is 13.8. The second-order valence-corrected chi connectivity index (χ2v) is 7.98. The van der Waals surface area contributed by atoms with Gasteiger partial charge >= 0.3 is 0 Å². The first-order valence-corrected chi connectivity index (χ1v) is 9.45. The van der Waals surface area contributed by atoms with Crippen molar-refractivity contribution in [2.45, 2.75) is 30.7 Å². The van der Waals surface area contributed by atoms with Crippen LogP contribution >= 0.6 is 0 Å². The molecular formula is C18H19FN2O3S. The van der Waals surface area contributed by atoms with Crippen molar-refractivity contribution >= 4 is 21.6 Å². The Hall–Kier alpha value is -2.41. The third-order valence-electron chi connectivity index (χ3n) is 3.96. The van der Waals surface area contributed by atoms with E-state index >= 15 is 0 Å². The molecule has 0 spiro atoms. The van der Waals surface area contributed by atoms with Gasteiger partial charge in [-0.3, -0.25) is 9.10 Å². The highest BCUT2D eigenvalue weighted by molar-refractivity contribution is 7.92. The van der Waals surface area contributed by atoms with Crippen molar-refractivity contribution in [2.24, 2.45) is 0 Å². The van der Waals surface area contributed by atoms with Crippen LogP contribution in [0.4, 0.5) is 10.1 Å². The number of para-hydroxylation sites is 1. The van der Waals surface area contributed by atoms with Crippen molar-refractivity contribution in [3.63, 3.8) is 0 Å². The van der Waals surface area contributed by atoms with Gasteiger partial charge in [0.15, 0.2) is 0 Å². The molecule has 25 heavy (non-hydrogen) atoms. The van der Waals surface area contributed by atoms with Crippen LogP contribution in [0.2, 0.25) is 0 Å². The van der Waals surface area contributed by atoms with Gasteiger partial charge in [-0.2, -0.15) is 0 Å². The van der Waals surface area contributed by atoms with Gasteiger partial charge in [0.2, 0.25) is 5.91 Å². The van der Waals surface area contributed by atoms with Gasteiger partial charge in [0, 0.05) is 6.04 Å². The van der Waals surface area contributed by atoms with E-state index in [0.717, 1.165) is 22.7 Å². The highest BCUT2D eigenvalue weighted by Gasteiger charge is 2.31. The van der Waals surface area contributed by atoms with Crippen LogP contribution in [-0.4, -0.2) is 26.9 Å². The monoisotopic (exact) mass is 362 g/mol. The molecule has 1 N–H and O–H groups in total. The van der Waals surface area contributed by atoms with E-state index in [0.29, 0.717) is 0 Å². The number of benzene rings is 2. The van der Waals surface area contributed by atoms with Crippen LogP contribution in [0, 0.1) is 12.7 Å². The maximum Gasteiger partial charge on any atom is 0.264 e. The molecule has 3 rings (SSSR count). The largest absolute Gasteiger partial charge is 0.352 e. The fourth-order valence-electron chi connectivity index (χ4n) is 2.42. The molecule has 132 valence electrons. The summed E-state index contributed by atoms with van der Waals surface area (Å²) in [5, 5.41) is 2.74. The van der Waals surface area contributed by atoms with Gasteiger partial charge in [-0.05, 0) is 44.0 Å². The summed E-state index contributed by atoms with van der Waals surface area (Å²) in [6, 6.07) is 11.9. The van der Waals surface area contributed by atoms with E-state index in [9.17, 15) is 17.6 Å². The number of amides is 1. The van der Waals surface area contributed by atoms with Crippen LogP contribution in [0.15, 0.2) is 53.4 Å². The van der Waals surface area contributed by atoms with Gasteiger partial charge in [0.05, 0.1) is 10.6 Å². The summed E-state index contributed by atoms with van der Waals surface area (Å²) < 4.78 is 41.1. The van der Waals surface area contributed by atoms with Crippen molar-refractivity contribution in [2.75, 3.05) is 10.8 Å². The van der Waals surface area contributed by atoms with Crippen LogP contribution in [0.3, 0.4) is 0 Å². The Labute approximate surface area is 146 Å². The maximum absolute atomic E-state index is 14.2. The maximum atomic E-state index is 14.2. The van der Waals surface area contributed by atoms with E-state index in [2.05, 4.69) is 5.32 Å². The quantitative estimate of drug-likeness (QED) is 0.859. The number of anilines is 1. The van der Waals surface area contributed by atoms with E-state index < -0.39 is 28.3 Å². The first kappa shape index (κ1) is 17.4. The van der Waals surface area contributed by atoms with Gasteiger partial charge in [-0.15, -0.1) is 0 Å². The van der Waals surface area contributed by atoms with Gasteiger partial charge in [-0.1, -0.05) is 29.8 Å². The van der Waals surface area contributed by atoms with E-state index in [1.165, 1.54) is 36.4 Å². The molecule has 1 saturated carbocycles. The van der Waals surface area contributed by atoms with Crippen LogP contribution in [0.25, 0.3) is 0 Å². The Morgan fingerprint density at radius 3 is 2.40 bits per heavy atom. The molecule has 5 nitrogen and oxygen atoms in total. The molecule has 0 radical (unpaired) electrons. The number of hydrogen-bond acceptors (Lipinski definition) is 3. The third-order valence-corrected chi connectivity index (χ3v) is 5.73. The lowest BCUT2D eigenvalue weighted by Gasteiger charge is -2.24. The highest BCUT2D eigenvalue weighted by atomic mass is 32.2. The Balaban J connectivity index is 1.98. The van der Waals surface area contributed by atoms with Gasteiger partial charge < -0.3 is 5.32 Å². The molecule has 0 saturated heterocycles. The topological polar surface area (TPSA) is 66.5 Å². The molecule has 0 aliphatic heterocycles. The number of hydrogen-bond donors (Lipinski definition) is 1. The highest BCUT2D eigenvalue weighted by Crippen LogP contribution is 2.26. The molecular weight excluding hydrogens is 343 g/mol. The molecule has 1 aliphatic carbocycles. The lowest BCUT2D eigenvalue weighted by molar-refractivity contribution is -0.119. The number of carbonyl (C=O) groups excluding carboxylic acids is 1. The van der Waals surface area contributed by atoms with E-state index in [4.69, 9.17) is 0 Å². The van der Waals surface area contributed by atoms with Gasteiger partial charge in [-0.25, -0.2) is 12.8 Å². The van der Waals surface area contributed by atoms with E-state index in [-0.39, 0.29) is 16.6 Å². The summed E-state index contributed by atoms with van der Waals surface area (Å²) in [5.74, 6) is -1.14. The molecule has 7 heteroatoms. The SMILES string of the molecule is Cc1ccc(S(=O)(=O)N(CC(=O)NC2CC2)c2ccccc2F)cc1. The minimum absolute atomic E-state index is 0.0144. The number of aryl methyl sites for hydroxylation is 1. The lowest BCUT2D eigenvalue weighted by Crippen LogP contribution is -2.41. The molecule has 0 bridgehead atoms. The Morgan fingerprint density at radius 1 is 1.16 bits per heavy atom. The number of rotatable bonds is 6. The molecule has 1 aliphatic rings. The molecule has 1 fully saturated rings. The van der Waals surface area contributed by atoms with Crippen molar-refractivity contribution in [3.05, 3.63) is 59.9 Å². The Morgan fingerprint density at radius 2 is 1.80 bits per heavy atom. The van der Waals surface area contributed by atoms with Gasteiger partial charge in [0.25, 0.3) is 10.0 Å². The zero-order chi connectivity index (χ0) is 18.0. The fourth-order valence-corrected chi connectivity index (χ4v) is 3.85. The number of nitrogens with one attached hydrogen (secondary N) is 1. The van der Waals surface area contributed by atoms with Crippen molar-refractivity contribution in [1.29, 1.82) is 0 Å². The van der Waals surface area contributed by atoms with Crippen LogP contribution in [0.5, 0.6) is 0 Å². The number of nitrogens with zero attached hydrogens (tertiary/aromatic N) is 1. The Bertz CT molecular complexity index is 877. The fraction of sp³-hybridized carbons (Fsp3) is 0.278. The first-order valence-electron chi connectivity index (χ1n) is 8.01. The van der Waals surface area contributed by atoms with Crippen LogP contribution in [-0.2, 0) is 14.8 Å². The molecule has 0 aromatic heterocycles. The van der Waals surface area contributed by atoms with Gasteiger partial charge in [0.1, 0.15) is 12.4 Å². The molecule has 0 atom stereocenters. The summed E-state index contributed by atoms with van der Waals surface area (Å²) >= 11 is 0. The van der Waals surface area contributed by atoms with E-state index in [1.54, 1.807) is 12.1 Å². The van der Waals surface area contributed by atoms with E-state index in [1.807, 2.05) is 6.92 Å². The number of sulfonamides is 1. The average Bonchev–Trinajstić information content (AvgIpc) is 3.38. The molecule has 0 unspecified atom stereocenters. The van der Waals surface area contributed by atoms with Crippen molar-refractivity contribution in [1.82, 2.24) is 5.32 Å². The van der Waals surface area contributed by atoms with Crippen molar-refractivity contribution in [3.8, 4) is 0 Å². The second kappa shape index (κ2) is 6.84. The summed E-state index contributed by atoms with van der Waals surface area (Å²) in [6.45, 7) is 1.38. The van der Waals surface area contributed by atoms with Crippen LogP contribution in [0.1, 0.15) is 18.4 Å². The molecule has 0 heterocycles. The zero-order valence-corrected chi connectivity index (χ0v) is 14.6. The van der Waals surface area contributed by atoms with Crippen LogP contribution < -0.4 is 9.62 Å². The number of halogens is 1. The third kappa shape index (κ3) is 3.99. The molecule has 2 aromatic rings. The smallest absolute Gasteiger partial charge is 0.264 e. The number of carbonyl (C=O) groups is 1. The molecule has 1 amide bonds. The minimum Gasteiger partial charge on any atom is -0.352 e. The Kier molecular flexibility index (Phi) is 4.76. The lowest BCUT2D eigenvalue weighted by atomic mass is 10.2. The normalized spacial score (nSPS) is 14.2. The average molecular weight is 362 g/mol. The summed E-state index contributed by atoms with van der Waals surface area (Å²) in [4.78, 5) is 12.2. The summed E-state index contributed by atoms with van der Waals surface area (Å²) in [7, 11) is -4.07. The predicted octanol–water partition coefficient (Wildman–Crippen LogP) is 2.61. The first-order chi connectivity index (χ1) is 11.9. The summed E-state index contributed by atoms with van der Waals surface area (Å²) in [5.41, 5.74) is 0.761. The minimum atomic E-state index is -4.07. The molecule has 2 aromatic carbocycles. The standard InChI is InChI=1S/C18H19FN2O3S/c1-13-6-10-15(11-7-13)25(23,24)21(12-18(22)20-14-8-9-14)17-5-3-2-4-16(17)19/h2-7,10-11,14H,8-9,12H2,1H3,(H,20,22). The van der Waals surface area contributed by atoms with Crippen molar-refractivity contribution < 1.29 is 17.6 Å².